The first kappa shape index (κ1) is 14.5. The van der Waals surface area contributed by atoms with E-state index in [4.69, 9.17) is 0 Å². The van der Waals surface area contributed by atoms with Crippen molar-refractivity contribution in [3.63, 3.8) is 0 Å². The van der Waals surface area contributed by atoms with Gasteiger partial charge in [-0.3, -0.25) is 0 Å². The van der Waals surface area contributed by atoms with E-state index in [9.17, 15) is 0 Å². The summed E-state index contributed by atoms with van der Waals surface area (Å²) in [7, 11) is 1.14. The molecule has 1 aliphatic rings. The molecule has 4 heteroatoms. The molecule has 16 heavy (non-hydrogen) atoms. The van der Waals surface area contributed by atoms with E-state index in [0.29, 0.717) is 5.92 Å². The molecule has 0 fully saturated rings. The fourth-order valence-corrected chi connectivity index (χ4v) is 6.70. The van der Waals surface area contributed by atoms with Gasteiger partial charge >= 0.3 is 0 Å². The van der Waals surface area contributed by atoms with Gasteiger partial charge in [-0.2, -0.15) is 13.4 Å². The minimum Gasteiger partial charge on any atom is -0.205 e. The van der Waals surface area contributed by atoms with E-state index in [1.165, 1.54) is 16.7 Å². The first-order valence-corrected chi connectivity index (χ1v) is 8.88. The van der Waals surface area contributed by atoms with Crippen LogP contribution in [0.3, 0.4) is 0 Å². The van der Waals surface area contributed by atoms with Crippen LogP contribution in [0.25, 0.3) is 0 Å². The zero-order chi connectivity index (χ0) is 12.7. The van der Waals surface area contributed by atoms with E-state index < -0.39 is 10.2 Å². The maximum absolute atomic E-state index is 3.58. The first-order valence-electron chi connectivity index (χ1n) is 5.47. The van der Waals surface area contributed by atoms with Crippen LogP contribution in [-0.2, 0) is 0 Å². The third-order valence-corrected chi connectivity index (χ3v) is 6.53. The van der Waals surface area contributed by atoms with Crippen LogP contribution in [0.1, 0.15) is 27.7 Å². The van der Waals surface area contributed by atoms with Gasteiger partial charge in [-0.05, 0) is 49.3 Å². The van der Waals surface area contributed by atoms with Gasteiger partial charge < -0.3 is 0 Å². The molecule has 0 aliphatic heterocycles. The number of halogens is 1. The van der Waals surface area contributed by atoms with Gasteiger partial charge in [-0.15, -0.1) is 0 Å². The Morgan fingerprint density at radius 1 is 1.19 bits per heavy atom. The van der Waals surface area contributed by atoms with Crippen molar-refractivity contribution in [3.8, 4) is 0 Å². The highest BCUT2D eigenvalue weighted by Crippen LogP contribution is 2.56. The topological polar surface area (TPSA) is 15.3 Å². The average Bonchev–Trinajstić information content (AvgIpc) is 2.29. The predicted molar refractivity (Wildman–Crippen MR) is 84.6 cm³/mol. The highest BCUT2D eigenvalue weighted by Gasteiger charge is 2.31. The fourth-order valence-electron chi connectivity index (χ4n) is 2.52. The van der Waals surface area contributed by atoms with Crippen molar-refractivity contribution in [2.75, 3.05) is 19.6 Å². The van der Waals surface area contributed by atoms with E-state index in [2.05, 4.69) is 74.9 Å². The van der Waals surface area contributed by atoms with Crippen molar-refractivity contribution in [2.24, 2.45) is 5.92 Å². The predicted octanol–water partition coefficient (Wildman–Crippen LogP) is 4.01. The summed E-state index contributed by atoms with van der Waals surface area (Å²) < 4.78 is 2.04. The lowest BCUT2D eigenvalue weighted by atomic mass is 10.1. The van der Waals surface area contributed by atoms with E-state index in [1.54, 1.807) is 4.91 Å². The van der Waals surface area contributed by atoms with Crippen molar-refractivity contribution >= 4 is 33.1 Å². The number of nitrogens with zero attached hydrogens (tertiary/aromatic N) is 1. The normalized spacial score (nSPS) is 23.7. The molecule has 94 valence electrons. The molecule has 0 bridgehead atoms. The summed E-state index contributed by atoms with van der Waals surface area (Å²) in [6, 6.07) is 0. The molecule has 0 heterocycles. The maximum atomic E-state index is 3.58. The highest BCUT2D eigenvalue weighted by atomic mass is 127. The van der Waals surface area contributed by atoms with E-state index in [1.807, 2.05) is 3.22 Å². The number of hydrogen-bond acceptors (Lipinski definition) is 2. The van der Waals surface area contributed by atoms with Gasteiger partial charge in [0, 0.05) is 35.8 Å². The van der Waals surface area contributed by atoms with Gasteiger partial charge in [-0.1, -0.05) is 12.5 Å². The van der Waals surface area contributed by atoms with Crippen LogP contribution in [0.2, 0.25) is 0 Å². The second-order valence-corrected chi connectivity index (χ2v) is 9.64. The van der Waals surface area contributed by atoms with E-state index >= 15 is 0 Å². The Balaban J connectivity index is 3.08. The van der Waals surface area contributed by atoms with Gasteiger partial charge in [0.2, 0.25) is 0 Å². The Hall–Kier alpha value is 0.480. The molecule has 0 saturated heterocycles. The molecule has 0 saturated carbocycles. The number of allylic oxidation sites excluding steroid dienone is 4. The first-order chi connectivity index (χ1) is 7.18. The van der Waals surface area contributed by atoms with Crippen LogP contribution in [0.15, 0.2) is 21.6 Å². The average molecular weight is 354 g/mol. The number of nitrogens with one attached hydrogen (secondary N) is 1. The van der Waals surface area contributed by atoms with Crippen molar-refractivity contribution in [3.05, 3.63) is 21.6 Å². The third-order valence-electron chi connectivity index (χ3n) is 3.47. The van der Waals surface area contributed by atoms with Crippen molar-refractivity contribution in [2.45, 2.75) is 27.7 Å². The molecular weight excluding hydrogens is 331 g/mol. The van der Waals surface area contributed by atoms with Crippen LogP contribution in [0.5, 0.6) is 0 Å². The van der Waals surface area contributed by atoms with Crippen LogP contribution < -0.4 is 4.83 Å². The Morgan fingerprint density at radius 2 is 1.69 bits per heavy atom. The number of hydrazine groups is 1. The minimum atomic E-state index is -0.917. The van der Waals surface area contributed by atoms with Gasteiger partial charge in [0.15, 0.2) is 0 Å². The van der Waals surface area contributed by atoms with E-state index in [-0.39, 0.29) is 0 Å². The number of rotatable bonds is 3. The summed E-state index contributed by atoms with van der Waals surface area (Å²) in [5.74, 6) is 0.592. The number of hydrogen-bond donors (Lipinski definition) is 1. The molecule has 0 spiro atoms. The van der Waals surface area contributed by atoms with E-state index in [0.717, 1.165) is 0 Å². The monoisotopic (exact) mass is 354 g/mol. The summed E-state index contributed by atoms with van der Waals surface area (Å²) in [4.78, 5) is 5.18. The third kappa shape index (κ3) is 2.66. The van der Waals surface area contributed by atoms with Crippen LogP contribution in [0, 0.1) is 5.92 Å². The molecule has 2 nitrogen and oxygen atoms in total. The van der Waals surface area contributed by atoms with Gasteiger partial charge in [0.25, 0.3) is 0 Å². The summed E-state index contributed by atoms with van der Waals surface area (Å²) >= 11 is 2.29. The summed E-state index contributed by atoms with van der Waals surface area (Å²) in [5.41, 5.74) is 4.52. The minimum absolute atomic E-state index is 0.592. The molecule has 1 N–H and O–H groups in total. The largest absolute Gasteiger partial charge is 0.205 e. The Bertz CT molecular complexity index is 356. The summed E-state index contributed by atoms with van der Waals surface area (Å²) in [6.45, 7) is 9.10. The Morgan fingerprint density at radius 3 is 2.00 bits per heavy atom. The second-order valence-electron chi connectivity index (χ2n) is 4.91. The molecule has 1 rings (SSSR count). The smallest absolute Gasteiger partial charge is 0.0371 e. The fraction of sp³-hybridized carbons (Fsp3) is 0.667. The lowest BCUT2D eigenvalue weighted by Gasteiger charge is -2.39. The molecule has 0 amide bonds. The molecule has 0 aromatic heterocycles. The van der Waals surface area contributed by atoms with Gasteiger partial charge in [-0.25, -0.2) is 4.83 Å². The molecule has 0 aromatic carbocycles. The lowest BCUT2D eigenvalue weighted by Crippen LogP contribution is -2.30. The van der Waals surface area contributed by atoms with Crippen LogP contribution >= 0.6 is 33.1 Å². The van der Waals surface area contributed by atoms with Crippen molar-refractivity contribution in [1.82, 2.24) is 8.05 Å². The van der Waals surface area contributed by atoms with Crippen LogP contribution in [0.4, 0.5) is 0 Å². The molecule has 1 atom stereocenters. The molecule has 0 radical (unpaired) electrons. The molecule has 1 unspecified atom stereocenters. The SMILES string of the molecule is CC1=C(C)C(C)C(S(C)(C)NN(C)I)=C1C. The molecule has 1 aliphatic carbocycles. The van der Waals surface area contributed by atoms with Gasteiger partial charge in [0.1, 0.15) is 0 Å². The zero-order valence-corrected chi connectivity index (χ0v) is 14.3. The molecular formula is C12H23IN2S. The van der Waals surface area contributed by atoms with Gasteiger partial charge in [0.05, 0.1) is 0 Å². The highest BCUT2D eigenvalue weighted by molar-refractivity contribution is 14.1. The Kier molecular flexibility index (Phi) is 4.54. The quantitative estimate of drug-likeness (QED) is 0.468. The molecule has 0 aromatic rings. The summed E-state index contributed by atoms with van der Waals surface area (Å²) in [5, 5.41) is 0. The second kappa shape index (κ2) is 5.00. The van der Waals surface area contributed by atoms with Crippen molar-refractivity contribution in [1.29, 1.82) is 0 Å². The Labute approximate surface area is 115 Å². The zero-order valence-electron chi connectivity index (χ0n) is 11.3. The van der Waals surface area contributed by atoms with Crippen LogP contribution in [-0.4, -0.2) is 22.8 Å². The standard InChI is InChI=1S/C12H23IN2S/c1-8-9(2)11(4)12(10(8)3)16(6,7)14-15(5)13/h10,14H,1-7H3. The summed E-state index contributed by atoms with van der Waals surface area (Å²) in [6.07, 6.45) is 4.67. The maximum Gasteiger partial charge on any atom is 0.0371 e. The van der Waals surface area contributed by atoms with Crippen molar-refractivity contribution < 1.29 is 0 Å². The lowest BCUT2D eigenvalue weighted by molar-refractivity contribution is 0.589.